The van der Waals surface area contributed by atoms with Crippen LogP contribution in [-0.4, -0.2) is 39.7 Å². The largest absolute Gasteiger partial charge is 0.486 e. The van der Waals surface area contributed by atoms with Gasteiger partial charge in [-0.15, -0.1) is 0 Å². The second-order valence-electron chi connectivity index (χ2n) is 11.8. The molecule has 0 saturated heterocycles. The van der Waals surface area contributed by atoms with Gasteiger partial charge in [0.2, 0.25) is 0 Å². The van der Waals surface area contributed by atoms with E-state index in [2.05, 4.69) is 45.2 Å². The van der Waals surface area contributed by atoms with Crippen molar-refractivity contribution < 1.29 is 14.3 Å². The maximum absolute atomic E-state index is 12.2. The zero-order chi connectivity index (χ0) is 27.1. The highest BCUT2D eigenvalue weighted by molar-refractivity contribution is 5.72. The van der Waals surface area contributed by atoms with Crippen LogP contribution in [0, 0.1) is 17.2 Å². The Morgan fingerprint density at radius 1 is 1.28 bits per heavy atom. The number of imidazole rings is 1. The van der Waals surface area contributed by atoms with E-state index < -0.39 is 5.54 Å². The standard InChI is InChI=1S/C31H37N5O3/c1-19(2)39-29(37)16-31(33)15-26(31)20-6-8-21(9-7-20)30-25(17-32)24-11-10-23(38-18-28-34-12-13-35-28)14-27(24)36(30)22-4-3-5-22/h6,8,10-14,19,22,25-26,30H,3-5,7,9,15-16,18,33H2,1-2H3,(H,34,35)/t25?,26?,30?,31-/m1/s1. The summed E-state index contributed by atoms with van der Waals surface area (Å²) < 4.78 is 11.4. The molecule has 4 aliphatic rings. The normalized spacial score (nSPS) is 27.8. The highest BCUT2D eigenvalue weighted by atomic mass is 16.5. The lowest BCUT2D eigenvalue weighted by molar-refractivity contribution is -0.148. The molecule has 0 spiro atoms. The second-order valence-corrected chi connectivity index (χ2v) is 11.8. The summed E-state index contributed by atoms with van der Waals surface area (Å²) in [5.74, 6) is 1.35. The molecule has 2 saturated carbocycles. The Labute approximate surface area is 229 Å². The van der Waals surface area contributed by atoms with E-state index in [9.17, 15) is 10.1 Å². The van der Waals surface area contributed by atoms with Gasteiger partial charge in [-0.25, -0.2) is 4.98 Å². The van der Waals surface area contributed by atoms with E-state index in [0.717, 1.165) is 54.9 Å². The molecule has 8 nitrogen and oxygen atoms in total. The topological polar surface area (TPSA) is 117 Å². The fourth-order valence-electron chi connectivity index (χ4n) is 6.53. The van der Waals surface area contributed by atoms with Crippen LogP contribution in [0.1, 0.15) is 76.1 Å². The zero-order valence-electron chi connectivity index (χ0n) is 22.7. The summed E-state index contributed by atoms with van der Waals surface area (Å²) in [4.78, 5) is 22.0. The van der Waals surface area contributed by atoms with Gasteiger partial charge in [-0.05, 0) is 69.6 Å². The van der Waals surface area contributed by atoms with Crippen LogP contribution in [0.3, 0.4) is 0 Å². The van der Waals surface area contributed by atoms with Crippen molar-refractivity contribution in [3.8, 4) is 11.8 Å². The molecule has 204 valence electrons. The Morgan fingerprint density at radius 2 is 2.08 bits per heavy atom. The number of nitrogens with zero attached hydrogens (tertiary/aromatic N) is 3. The molecule has 0 bridgehead atoms. The summed E-state index contributed by atoms with van der Waals surface area (Å²) in [6, 6.07) is 9.25. The first-order chi connectivity index (χ1) is 18.9. The number of nitrogens with one attached hydrogen (secondary N) is 1. The molecule has 2 heterocycles. The quantitative estimate of drug-likeness (QED) is 0.439. The fraction of sp³-hybridized carbons (Fsp3) is 0.516. The van der Waals surface area contributed by atoms with Gasteiger partial charge in [-0.1, -0.05) is 23.8 Å². The lowest BCUT2D eigenvalue weighted by atomic mass is 9.82. The highest BCUT2D eigenvalue weighted by Gasteiger charge is 2.54. The van der Waals surface area contributed by atoms with Crippen LogP contribution in [0.5, 0.6) is 5.75 Å². The van der Waals surface area contributed by atoms with Gasteiger partial charge in [0.05, 0.1) is 30.6 Å². The van der Waals surface area contributed by atoms with Gasteiger partial charge in [-0.3, -0.25) is 4.79 Å². The maximum atomic E-state index is 12.2. The number of esters is 1. The molecule has 39 heavy (non-hydrogen) atoms. The van der Waals surface area contributed by atoms with Crippen LogP contribution >= 0.6 is 0 Å². The van der Waals surface area contributed by atoms with Crippen molar-refractivity contribution in [2.45, 2.75) is 95.0 Å². The summed E-state index contributed by atoms with van der Waals surface area (Å²) in [5.41, 5.74) is 10.9. The summed E-state index contributed by atoms with van der Waals surface area (Å²) in [5, 5.41) is 10.3. The number of nitrogens with two attached hydrogens (primary N) is 1. The minimum atomic E-state index is -0.494. The molecule has 3 unspecified atom stereocenters. The van der Waals surface area contributed by atoms with Crippen molar-refractivity contribution in [3.05, 3.63) is 65.3 Å². The maximum Gasteiger partial charge on any atom is 0.307 e. The molecule has 6 rings (SSSR count). The number of benzene rings is 1. The molecular weight excluding hydrogens is 490 g/mol. The smallest absolute Gasteiger partial charge is 0.307 e. The van der Waals surface area contributed by atoms with Gasteiger partial charge in [0.25, 0.3) is 0 Å². The van der Waals surface area contributed by atoms with E-state index in [1.807, 2.05) is 19.9 Å². The minimum Gasteiger partial charge on any atom is -0.486 e. The third-order valence-corrected chi connectivity index (χ3v) is 8.77. The van der Waals surface area contributed by atoms with Gasteiger partial charge in [0.1, 0.15) is 18.2 Å². The fourth-order valence-corrected chi connectivity index (χ4v) is 6.53. The van der Waals surface area contributed by atoms with E-state index in [1.165, 1.54) is 17.6 Å². The van der Waals surface area contributed by atoms with Gasteiger partial charge in [-0.2, -0.15) is 5.26 Å². The molecule has 2 aromatic rings. The molecule has 8 heteroatoms. The number of anilines is 1. The Balaban J connectivity index is 1.22. The molecule has 1 aliphatic heterocycles. The molecule has 1 aromatic heterocycles. The highest BCUT2D eigenvalue weighted by Crippen LogP contribution is 2.53. The molecule has 0 radical (unpaired) electrons. The van der Waals surface area contributed by atoms with Crippen LogP contribution in [0.2, 0.25) is 0 Å². The average molecular weight is 528 g/mol. The molecule has 4 atom stereocenters. The second kappa shape index (κ2) is 10.2. The number of aromatic nitrogens is 2. The Bertz CT molecular complexity index is 1340. The first kappa shape index (κ1) is 25.7. The molecule has 0 amide bonds. The van der Waals surface area contributed by atoms with Crippen LogP contribution in [0.4, 0.5) is 5.69 Å². The van der Waals surface area contributed by atoms with E-state index in [-0.39, 0.29) is 36.4 Å². The first-order valence-electron chi connectivity index (χ1n) is 14.2. The third-order valence-electron chi connectivity index (χ3n) is 8.77. The summed E-state index contributed by atoms with van der Waals surface area (Å²) in [6.07, 6.45) is 14.2. The van der Waals surface area contributed by atoms with Crippen molar-refractivity contribution >= 4 is 11.7 Å². The number of hydrogen-bond acceptors (Lipinski definition) is 7. The van der Waals surface area contributed by atoms with E-state index in [0.29, 0.717) is 12.6 Å². The number of ether oxygens (including phenoxy) is 2. The Hall–Kier alpha value is -3.57. The van der Waals surface area contributed by atoms with Crippen molar-refractivity contribution in [1.29, 1.82) is 5.26 Å². The first-order valence-corrected chi connectivity index (χ1v) is 14.2. The summed E-state index contributed by atoms with van der Waals surface area (Å²) in [6.45, 7) is 4.09. The van der Waals surface area contributed by atoms with Crippen LogP contribution < -0.4 is 15.4 Å². The average Bonchev–Trinajstić information content (AvgIpc) is 3.19. The number of nitriles is 1. The van der Waals surface area contributed by atoms with Gasteiger partial charge in [0, 0.05) is 41.6 Å². The summed E-state index contributed by atoms with van der Waals surface area (Å²) >= 11 is 0. The van der Waals surface area contributed by atoms with Crippen LogP contribution in [0.25, 0.3) is 0 Å². The SMILES string of the molecule is CC(C)OC(=O)C[C@]1(N)CC1C1=CC=C(C2C(C#N)c3ccc(OCc4ncc[nH]4)cc3N2C2CCC2)CC1. The van der Waals surface area contributed by atoms with Crippen LogP contribution in [0.15, 0.2) is 53.9 Å². The number of carbonyl (C=O) groups excluding carboxylic acids is 1. The molecule has 1 aromatic carbocycles. The van der Waals surface area contributed by atoms with Crippen molar-refractivity contribution in [2.24, 2.45) is 11.7 Å². The number of carbonyl (C=O) groups is 1. The monoisotopic (exact) mass is 527 g/mol. The number of hydrogen-bond donors (Lipinski definition) is 2. The van der Waals surface area contributed by atoms with E-state index in [4.69, 9.17) is 15.2 Å². The van der Waals surface area contributed by atoms with E-state index >= 15 is 0 Å². The summed E-state index contributed by atoms with van der Waals surface area (Å²) in [7, 11) is 0. The lowest BCUT2D eigenvalue weighted by Gasteiger charge is -2.42. The Morgan fingerprint density at radius 3 is 2.72 bits per heavy atom. The number of aromatic amines is 1. The lowest BCUT2D eigenvalue weighted by Crippen LogP contribution is -2.46. The molecular formula is C31H37N5O3. The van der Waals surface area contributed by atoms with Crippen molar-refractivity contribution in [3.63, 3.8) is 0 Å². The van der Waals surface area contributed by atoms with E-state index in [1.54, 1.807) is 12.4 Å². The zero-order valence-corrected chi connectivity index (χ0v) is 22.7. The van der Waals surface area contributed by atoms with Crippen molar-refractivity contribution in [1.82, 2.24) is 9.97 Å². The van der Waals surface area contributed by atoms with Crippen molar-refractivity contribution in [2.75, 3.05) is 4.90 Å². The van der Waals surface area contributed by atoms with Gasteiger partial charge >= 0.3 is 5.97 Å². The minimum absolute atomic E-state index is 0.0243. The predicted octanol–water partition coefficient (Wildman–Crippen LogP) is 5.04. The van der Waals surface area contributed by atoms with Gasteiger partial charge in [0.15, 0.2) is 0 Å². The third kappa shape index (κ3) is 4.96. The molecule has 3 aliphatic carbocycles. The molecule has 2 fully saturated rings. The number of fused-ring (bicyclic) bond motifs is 1. The van der Waals surface area contributed by atoms with Crippen LogP contribution in [-0.2, 0) is 16.1 Å². The number of allylic oxidation sites excluding steroid dienone is 2. The number of rotatable bonds is 9. The number of H-pyrrole nitrogens is 1. The molecule has 3 N–H and O–H groups in total. The Kier molecular flexibility index (Phi) is 6.72. The predicted molar refractivity (Wildman–Crippen MR) is 148 cm³/mol. The van der Waals surface area contributed by atoms with Gasteiger partial charge < -0.3 is 25.1 Å².